The molecule has 0 radical (unpaired) electrons. The molecule has 3 aromatic rings. The first-order valence-electron chi connectivity index (χ1n) is 9.62. The summed E-state index contributed by atoms with van der Waals surface area (Å²) in [6.45, 7) is 2.60. The van der Waals surface area contributed by atoms with Crippen LogP contribution in [0.15, 0.2) is 42.5 Å². The van der Waals surface area contributed by atoms with Crippen molar-refractivity contribution in [2.75, 3.05) is 0 Å². The average molecular weight is 361 g/mol. The number of urea groups is 1. The number of benzene rings is 2. The van der Waals surface area contributed by atoms with Crippen molar-refractivity contribution in [1.82, 2.24) is 25.4 Å². The summed E-state index contributed by atoms with van der Waals surface area (Å²) in [6.07, 6.45) is 2.77. The van der Waals surface area contributed by atoms with Crippen molar-refractivity contribution in [1.29, 1.82) is 0 Å². The minimum atomic E-state index is -0.0754. The molecular formula is C21H23N5O. The lowest BCUT2D eigenvalue weighted by molar-refractivity contribution is 0.231. The zero-order valence-electron chi connectivity index (χ0n) is 15.4. The van der Waals surface area contributed by atoms with Crippen molar-refractivity contribution in [3.05, 3.63) is 59.7 Å². The zero-order chi connectivity index (χ0) is 18.4. The fourth-order valence-electron chi connectivity index (χ4n) is 4.11. The molecule has 3 atom stereocenters. The van der Waals surface area contributed by atoms with Crippen LogP contribution in [0.25, 0.3) is 10.8 Å². The van der Waals surface area contributed by atoms with Crippen LogP contribution in [0.5, 0.6) is 0 Å². The lowest BCUT2D eigenvalue weighted by Gasteiger charge is -2.23. The summed E-state index contributed by atoms with van der Waals surface area (Å²) in [5.41, 5.74) is 1.30. The molecule has 2 aromatic carbocycles. The number of hydrogen-bond donors (Lipinski definition) is 2. The number of aromatic nitrogens is 3. The Morgan fingerprint density at radius 1 is 1.15 bits per heavy atom. The number of nitrogens with zero attached hydrogens (tertiary/aromatic N) is 3. The fraction of sp³-hybridized carbons (Fsp3) is 0.381. The molecular weight excluding hydrogens is 338 g/mol. The van der Waals surface area contributed by atoms with E-state index in [-0.39, 0.29) is 18.1 Å². The molecule has 5 rings (SSSR count). The Balaban J connectivity index is 1.18. The van der Waals surface area contributed by atoms with Gasteiger partial charge in [0.05, 0.1) is 12.6 Å². The molecule has 0 spiro atoms. The van der Waals surface area contributed by atoms with E-state index in [2.05, 4.69) is 63.2 Å². The largest absolute Gasteiger partial charge is 0.335 e. The second-order valence-electron chi connectivity index (χ2n) is 7.67. The van der Waals surface area contributed by atoms with E-state index < -0.39 is 0 Å². The highest BCUT2D eigenvalue weighted by Crippen LogP contribution is 2.41. The van der Waals surface area contributed by atoms with Crippen LogP contribution in [0.2, 0.25) is 0 Å². The maximum Gasteiger partial charge on any atom is 0.315 e. The van der Waals surface area contributed by atoms with Gasteiger partial charge in [-0.2, -0.15) is 5.10 Å². The number of amides is 2. The van der Waals surface area contributed by atoms with Crippen molar-refractivity contribution in [2.45, 2.75) is 50.7 Å². The Morgan fingerprint density at radius 3 is 2.89 bits per heavy atom. The maximum absolute atomic E-state index is 12.4. The lowest BCUT2D eigenvalue weighted by atomic mass is 10.0. The third-order valence-electron chi connectivity index (χ3n) is 5.61. The molecule has 138 valence electrons. The predicted octanol–water partition coefficient (Wildman–Crippen LogP) is 2.91. The van der Waals surface area contributed by atoms with Gasteiger partial charge in [0.1, 0.15) is 11.6 Å². The molecule has 2 N–H and O–H groups in total. The van der Waals surface area contributed by atoms with E-state index in [1.165, 1.54) is 16.3 Å². The average Bonchev–Trinajstić information content (AvgIpc) is 3.32. The molecule has 27 heavy (non-hydrogen) atoms. The molecule has 2 aliphatic rings. The second kappa shape index (κ2) is 6.37. The van der Waals surface area contributed by atoms with E-state index in [9.17, 15) is 4.79 Å². The molecule has 6 nitrogen and oxygen atoms in total. The highest BCUT2D eigenvalue weighted by atomic mass is 16.2. The van der Waals surface area contributed by atoms with Gasteiger partial charge in [-0.05, 0) is 36.1 Å². The van der Waals surface area contributed by atoms with Gasteiger partial charge in [-0.25, -0.2) is 14.5 Å². The van der Waals surface area contributed by atoms with Gasteiger partial charge in [0, 0.05) is 18.4 Å². The van der Waals surface area contributed by atoms with Gasteiger partial charge in [0.15, 0.2) is 0 Å². The van der Waals surface area contributed by atoms with E-state index in [1.54, 1.807) is 0 Å². The minimum Gasteiger partial charge on any atom is -0.335 e. The number of rotatable bonds is 3. The van der Waals surface area contributed by atoms with E-state index in [1.807, 2.05) is 11.6 Å². The third-order valence-corrected chi connectivity index (χ3v) is 5.61. The number of carbonyl (C=O) groups is 1. The predicted molar refractivity (Wildman–Crippen MR) is 104 cm³/mol. The van der Waals surface area contributed by atoms with Gasteiger partial charge in [0.25, 0.3) is 0 Å². The Labute approximate surface area is 158 Å². The van der Waals surface area contributed by atoms with Crippen LogP contribution < -0.4 is 10.6 Å². The molecule has 1 unspecified atom stereocenters. The van der Waals surface area contributed by atoms with E-state index in [0.29, 0.717) is 12.5 Å². The molecule has 2 heterocycles. The van der Waals surface area contributed by atoms with E-state index >= 15 is 0 Å². The summed E-state index contributed by atoms with van der Waals surface area (Å²) in [5, 5.41) is 13.1. The van der Waals surface area contributed by atoms with Crippen LogP contribution in [0.1, 0.15) is 36.0 Å². The van der Waals surface area contributed by atoms with Gasteiger partial charge in [0.2, 0.25) is 0 Å². The smallest absolute Gasteiger partial charge is 0.315 e. The van der Waals surface area contributed by atoms with Crippen molar-refractivity contribution < 1.29 is 4.79 Å². The first-order chi connectivity index (χ1) is 13.2. The van der Waals surface area contributed by atoms with Gasteiger partial charge < -0.3 is 10.6 Å². The highest BCUT2D eigenvalue weighted by molar-refractivity contribution is 5.83. The van der Waals surface area contributed by atoms with Crippen LogP contribution in [0.3, 0.4) is 0 Å². The fourth-order valence-corrected chi connectivity index (χ4v) is 4.11. The highest BCUT2D eigenvalue weighted by Gasteiger charge is 2.39. The van der Waals surface area contributed by atoms with Crippen LogP contribution >= 0.6 is 0 Å². The summed E-state index contributed by atoms with van der Waals surface area (Å²) >= 11 is 0. The summed E-state index contributed by atoms with van der Waals surface area (Å²) in [4.78, 5) is 16.8. The van der Waals surface area contributed by atoms with Gasteiger partial charge >= 0.3 is 6.03 Å². The number of aryl methyl sites for hydroxylation is 2. The van der Waals surface area contributed by atoms with Gasteiger partial charge in [-0.3, -0.25) is 0 Å². The molecule has 1 fully saturated rings. The molecule has 6 heteroatoms. The van der Waals surface area contributed by atoms with E-state index in [4.69, 9.17) is 0 Å². The Morgan fingerprint density at radius 2 is 2.00 bits per heavy atom. The van der Waals surface area contributed by atoms with Crippen molar-refractivity contribution in [3.63, 3.8) is 0 Å². The van der Waals surface area contributed by atoms with Crippen molar-refractivity contribution >= 4 is 16.8 Å². The van der Waals surface area contributed by atoms with Crippen LogP contribution in [-0.4, -0.2) is 32.9 Å². The third kappa shape index (κ3) is 3.27. The molecule has 0 bridgehead atoms. The monoisotopic (exact) mass is 361 g/mol. The standard InChI is InChI=1S/C21H23N5O/c1-13-22-20-9-8-17(12-26(20)25-13)23-21(27)24-19-11-18(19)16-7-6-14-4-2-3-5-15(14)10-16/h2-7,10,17-19H,8-9,11-12H2,1H3,(H2,23,24,27)/t17?,18-,19+/m0/s1. The van der Waals surface area contributed by atoms with Gasteiger partial charge in [-0.1, -0.05) is 42.5 Å². The number of carbonyl (C=O) groups excluding carboxylic acids is 1. The number of nitrogens with one attached hydrogen (secondary N) is 2. The Kier molecular flexibility index (Phi) is 3.85. The molecule has 1 saturated carbocycles. The summed E-state index contributed by atoms with van der Waals surface area (Å²) in [5.74, 6) is 2.23. The Hall–Kier alpha value is -2.89. The molecule has 1 aliphatic heterocycles. The second-order valence-corrected chi connectivity index (χ2v) is 7.67. The van der Waals surface area contributed by atoms with E-state index in [0.717, 1.165) is 30.9 Å². The SMILES string of the molecule is Cc1nc2n(n1)CC(NC(=O)N[C@@H]1C[C@H]1c1ccc3ccccc3c1)CC2. The van der Waals surface area contributed by atoms with Crippen LogP contribution in [0, 0.1) is 6.92 Å². The quantitative estimate of drug-likeness (QED) is 0.753. The topological polar surface area (TPSA) is 71.8 Å². The first kappa shape index (κ1) is 16.3. The van der Waals surface area contributed by atoms with Crippen LogP contribution in [0.4, 0.5) is 4.79 Å². The summed E-state index contributed by atoms with van der Waals surface area (Å²) < 4.78 is 1.92. The van der Waals surface area contributed by atoms with Crippen molar-refractivity contribution in [2.24, 2.45) is 0 Å². The molecule has 0 saturated heterocycles. The summed E-state index contributed by atoms with van der Waals surface area (Å²) in [7, 11) is 0. The molecule has 1 aromatic heterocycles. The zero-order valence-corrected chi connectivity index (χ0v) is 15.4. The molecule has 2 amide bonds. The normalized spacial score (nSPS) is 23.7. The van der Waals surface area contributed by atoms with Crippen LogP contribution in [-0.2, 0) is 13.0 Å². The van der Waals surface area contributed by atoms with Gasteiger partial charge in [-0.15, -0.1) is 0 Å². The maximum atomic E-state index is 12.4. The van der Waals surface area contributed by atoms with Crippen molar-refractivity contribution in [3.8, 4) is 0 Å². The first-order valence-corrected chi connectivity index (χ1v) is 9.62. The number of hydrogen-bond acceptors (Lipinski definition) is 3. The number of fused-ring (bicyclic) bond motifs is 2. The molecule has 1 aliphatic carbocycles. The lowest BCUT2D eigenvalue weighted by Crippen LogP contribution is -2.46. The summed E-state index contributed by atoms with van der Waals surface area (Å²) in [6, 6.07) is 15.2. The Bertz CT molecular complexity index is 1010. The minimum absolute atomic E-state index is 0.0754.